The van der Waals surface area contributed by atoms with Gasteiger partial charge in [0.25, 0.3) is 5.56 Å². The number of pyridine rings is 1. The van der Waals surface area contributed by atoms with Gasteiger partial charge in [0.05, 0.1) is 30.1 Å². The van der Waals surface area contributed by atoms with E-state index in [1.807, 2.05) is 0 Å². The van der Waals surface area contributed by atoms with E-state index in [0.29, 0.717) is 54.4 Å². The molecule has 4 heterocycles. The molecule has 0 amide bonds. The molecule has 10 heteroatoms. The first-order valence-corrected chi connectivity index (χ1v) is 13.1. The number of hydrogen-bond acceptors (Lipinski definition) is 7. The minimum Gasteiger partial charge on any atom is -0.350 e. The molecule has 0 bridgehead atoms. The molecular weight excluding hydrogens is 442 g/mol. The molecule has 2 aromatic heterocycles. The van der Waals surface area contributed by atoms with Gasteiger partial charge in [-0.1, -0.05) is 24.4 Å². The van der Waals surface area contributed by atoms with Crippen molar-refractivity contribution in [2.75, 3.05) is 24.7 Å². The lowest BCUT2D eigenvalue weighted by atomic mass is 9.94. The van der Waals surface area contributed by atoms with Crippen LogP contribution in [0.2, 0.25) is 5.15 Å². The molecule has 2 aliphatic heterocycles. The number of fused-ring (bicyclic) bond motifs is 1. The minimum atomic E-state index is -3.00. The summed E-state index contributed by atoms with van der Waals surface area (Å²) in [6.45, 7) is 1.89. The molecule has 8 nitrogen and oxygen atoms in total. The second-order valence-corrected chi connectivity index (χ2v) is 10.9. The second kappa shape index (κ2) is 9.94. The molecule has 0 aliphatic carbocycles. The van der Waals surface area contributed by atoms with Gasteiger partial charge in [0.2, 0.25) is 0 Å². The average molecular weight is 470 g/mol. The second-order valence-electron chi connectivity index (χ2n) is 8.26. The highest BCUT2D eigenvalue weighted by Crippen LogP contribution is 2.30. The van der Waals surface area contributed by atoms with Crippen molar-refractivity contribution >= 4 is 32.5 Å². The number of halogens is 1. The Hall–Kier alpha value is -1.55. The summed E-state index contributed by atoms with van der Waals surface area (Å²) in [7, 11) is -3.00. The number of hydrogen-bond donors (Lipinski definition) is 0. The van der Waals surface area contributed by atoms with Crippen LogP contribution in [0.25, 0.3) is 11.0 Å². The van der Waals surface area contributed by atoms with Crippen molar-refractivity contribution in [3.05, 3.63) is 33.5 Å². The van der Waals surface area contributed by atoms with Gasteiger partial charge in [0.15, 0.2) is 6.29 Å². The summed E-state index contributed by atoms with van der Waals surface area (Å²) in [5, 5.41) is 0.947. The SMILES string of the molecule is O=c1c(C2CCS(=O)(=O)CC2)cc2c(Cl)ncnc2n1CCCCCCC1OCCO1. The lowest BCUT2D eigenvalue weighted by Gasteiger charge is -2.23. The van der Waals surface area contributed by atoms with Crippen LogP contribution in [-0.2, 0) is 25.9 Å². The lowest BCUT2D eigenvalue weighted by molar-refractivity contribution is -0.0480. The first-order valence-electron chi connectivity index (χ1n) is 10.9. The summed E-state index contributed by atoms with van der Waals surface area (Å²) in [4.78, 5) is 21.7. The van der Waals surface area contributed by atoms with E-state index in [2.05, 4.69) is 9.97 Å². The van der Waals surface area contributed by atoms with E-state index in [0.717, 1.165) is 32.1 Å². The van der Waals surface area contributed by atoms with Gasteiger partial charge >= 0.3 is 0 Å². The maximum Gasteiger partial charge on any atom is 0.255 e. The fourth-order valence-corrected chi connectivity index (χ4v) is 6.06. The van der Waals surface area contributed by atoms with Crippen molar-refractivity contribution in [1.82, 2.24) is 14.5 Å². The summed E-state index contributed by atoms with van der Waals surface area (Å²) in [6, 6.07) is 1.76. The van der Waals surface area contributed by atoms with E-state index >= 15 is 0 Å². The van der Waals surface area contributed by atoms with Gasteiger partial charge in [0, 0.05) is 12.1 Å². The van der Waals surface area contributed by atoms with Gasteiger partial charge in [-0.25, -0.2) is 18.4 Å². The van der Waals surface area contributed by atoms with E-state index in [4.69, 9.17) is 21.1 Å². The lowest BCUT2D eigenvalue weighted by Crippen LogP contribution is -2.30. The van der Waals surface area contributed by atoms with Crippen LogP contribution in [0.3, 0.4) is 0 Å². The van der Waals surface area contributed by atoms with Crippen molar-refractivity contribution in [1.29, 1.82) is 0 Å². The zero-order valence-corrected chi connectivity index (χ0v) is 19.0. The molecule has 0 saturated carbocycles. The molecule has 31 heavy (non-hydrogen) atoms. The van der Waals surface area contributed by atoms with E-state index in [-0.39, 0.29) is 29.3 Å². The number of unbranched alkanes of at least 4 members (excludes halogenated alkanes) is 3. The molecular formula is C21H28ClN3O5S. The third-order valence-electron chi connectivity index (χ3n) is 6.12. The molecule has 0 radical (unpaired) electrons. The van der Waals surface area contributed by atoms with E-state index in [9.17, 15) is 13.2 Å². The molecule has 0 aromatic carbocycles. The molecule has 2 aromatic rings. The quantitative estimate of drug-likeness (QED) is 0.432. The average Bonchev–Trinajstić information content (AvgIpc) is 3.26. The zero-order chi connectivity index (χ0) is 21.8. The van der Waals surface area contributed by atoms with Gasteiger partial charge in [-0.2, -0.15) is 0 Å². The van der Waals surface area contributed by atoms with Gasteiger partial charge in [-0.3, -0.25) is 9.36 Å². The van der Waals surface area contributed by atoms with Crippen LogP contribution in [0.15, 0.2) is 17.2 Å². The molecule has 0 unspecified atom stereocenters. The molecule has 2 fully saturated rings. The summed E-state index contributed by atoms with van der Waals surface area (Å²) in [6.07, 6.45) is 6.98. The van der Waals surface area contributed by atoms with Crippen molar-refractivity contribution in [2.24, 2.45) is 0 Å². The van der Waals surface area contributed by atoms with E-state index < -0.39 is 9.84 Å². The van der Waals surface area contributed by atoms with Crippen LogP contribution in [-0.4, -0.2) is 54.0 Å². The number of rotatable bonds is 8. The highest BCUT2D eigenvalue weighted by atomic mass is 35.5. The number of nitrogens with zero attached hydrogens (tertiary/aromatic N) is 3. The maximum absolute atomic E-state index is 13.3. The highest BCUT2D eigenvalue weighted by molar-refractivity contribution is 7.91. The topological polar surface area (TPSA) is 100 Å². The third-order valence-corrected chi connectivity index (χ3v) is 8.14. The number of aryl methyl sites for hydroxylation is 1. The van der Waals surface area contributed by atoms with Crippen molar-refractivity contribution in [3.8, 4) is 0 Å². The summed E-state index contributed by atoms with van der Waals surface area (Å²) in [5.41, 5.74) is 1.05. The predicted octanol–water partition coefficient (Wildman–Crippen LogP) is 3.06. The smallest absolute Gasteiger partial charge is 0.255 e. The fraction of sp³-hybridized carbons (Fsp3) is 0.667. The normalized spacial score (nSPS) is 19.9. The number of sulfone groups is 1. The summed E-state index contributed by atoms with van der Waals surface area (Å²) in [5.74, 6) is 0.139. The molecule has 0 spiro atoms. The molecule has 2 saturated heterocycles. The van der Waals surface area contributed by atoms with Crippen LogP contribution in [0.4, 0.5) is 0 Å². The van der Waals surface area contributed by atoms with Gasteiger partial charge < -0.3 is 9.47 Å². The predicted molar refractivity (Wildman–Crippen MR) is 118 cm³/mol. The summed E-state index contributed by atoms with van der Waals surface area (Å²) >= 11 is 6.32. The Morgan fingerprint density at radius 2 is 1.77 bits per heavy atom. The zero-order valence-electron chi connectivity index (χ0n) is 17.5. The molecule has 2 aliphatic rings. The van der Waals surface area contributed by atoms with Gasteiger partial charge in [-0.15, -0.1) is 0 Å². The molecule has 0 N–H and O–H groups in total. The first-order chi connectivity index (χ1) is 14.9. The van der Waals surface area contributed by atoms with Crippen LogP contribution in [0.5, 0.6) is 0 Å². The Morgan fingerprint density at radius 3 is 2.52 bits per heavy atom. The standard InChI is InChI=1S/C21H28ClN3O5S/c22-19-17-13-16(15-6-11-31(27,28)12-7-15)21(26)25(20(17)24-14-23-19)8-4-2-1-3-5-18-29-9-10-30-18/h13-15,18H,1-12H2. The summed E-state index contributed by atoms with van der Waals surface area (Å²) < 4.78 is 36.2. The van der Waals surface area contributed by atoms with Crippen molar-refractivity contribution in [3.63, 3.8) is 0 Å². The Labute approximate surface area is 186 Å². The van der Waals surface area contributed by atoms with Crippen LogP contribution in [0.1, 0.15) is 56.4 Å². The maximum atomic E-state index is 13.3. The Balaban J connectivity index is 1.48. The van der Waals surface area contributed by atoms with Crippen LogP contribution in [0, 0.1) is 0 Å². The third kappa shape index (κ3) is 5.45. The Morgan fingerprint density at radius 1 is 1.06 bits per heavy atom. The van der Waals surface area contributed by atoms with Crippen LogP contribution < -0.4 is 5.56 Å². The largest absolute Gasteiger partial charge is 0.350 e. The number of ether oxygens (including phenoxy) is 2. The van der Waals surface area contributed by atoms with Gasteiger partial charge in [-0.05, 0) is 44.1 Å². The molecule has 170 valence electrons. The van der Waals surface area contributed by atoms with Crippen LogP contribution >= 0.6 is 11.6 Å². The fourth-order valence-electron chi connectivity index (χ4n) is 4.38. The van der Waals surface area contributed by atoms with E-state index in [1.165, 1.54) is 6.33 Å². The van der Waals surface area contributed by atoms with Crippen molar-refractivity contribution < 1.29 is 17.9 Å². The van der Waals surface area contributed by atoms with E-state index in [1.54, 1.807) is 10.6 Å². The number of aromatic nitrogens is 3. The van der Waals surface area contributed by atoms with Crippen molar-refractivity contribution in [2.45, 2.75) is 63.7 Å². The molecule has 0 atom stereocenters. The monoisotopic (exact) mass is 469 g/mol. The minimum absolute atomic E-state index is 0.0682. The Kier molecular flexibility index (Phi) is 7.26. The first kappa shape index (κ1) is 22.6. The molecule has 4 rings (SSSR count). The highest BCUT2D eigenvalue weighted by Gasteiger charge is 2.28. The van der Waals surface area contributed by atoms with Gasteiger partial charge in [0.1, 0.15) is 27.0 Å². The Bertz CT molecular complexity index is 1070.